The Hall–Kier alpha value is -1.02. The minimum Gasteiger partial charge on any atom is -0.396 e. The van der Waals surface area contributed by atoms with E-state index in [4.69, 9.17) is 9.26 Å². The van der Waals surface area contributed by atoms with Crippen LogP contribution in [0.3, 0.4) is 0 Å². The Morgan fingerprint density at radius 1 is 1.29 bits per heavy atom. The summed E-state index contributed by atoms with van der Waals surface area (Å²) in [7, 11) is 1.62. The summed E-state index contributed by atoms with van der Waals surface area (Å²) in [4.78, 5) is 9.53. The van der Waals surface area contributed by atoms with Gasteiger partial charge < -0.3 is 19.3 Å². The lowest BCUT2D eigenvalue weighted by Gasteiger charge is -2.36. The van der Waals surface area contributed by atoms with Gasteiger partial charge in [0.15, 0.2) is 5.82 Å². The number of ether oxygens (including phenoxy) is 1. The minimum atomic E-state index is 0.127. The van der Waals surface area contributed by atoms with Crippen LogP contribution in [0.15, 0.2) is 4.52 Å². The quantitative estimate of drug-likeness (QED) is 0.798. The summed E-state index contributed by atoms with van der Waals surface area (Å²) in [5.41, 5.74) is 0. The molecule has 0 radical (unpaired) electrons. The van der Waals surface area contributed by atoms with E-state index in [0.29, 0.717) is 24.4 Å². The molecule has 3 heterocycles. The van der Waals surface area contributed by atoms with E-state index in [0.717, 1.165) is 13.1 Å². The first-order chi connectivity index (χ1) is 11.7. The van der Waals surface area contributed by atoms with Crippen LogP contribution < -0.4 is 0 Å². The summed E-state index contributed by atoms with van der Waals surface area (Å²) in [5, 5.41) is 13.8. The van der Waals surface area contributed by atoms with Crippen LogP contribution >= 0.6 is 0 Å². The molecule has 2 aliphatic heterocycles. The lowest BCUT2D eigenvalue weighted by Crippen LogP contribution is -2.44. The van der Waals surface area contributed by atoms with Gasteiger partial charge in [0.1, 0.15) is 6.61 Å². The highest BCUT2D eigenvalue weighted by Gasteiger charge is 2.40. The number of aromatic nitrogens is 2. The van der Waals surface area contributed by atoms with E-state index in [9.17, 15) is 5.11 Å². The van der Waals surface area contributed by atoms with Gasteiger partial charge in [-0.2, -0.15) is 4.98 Å². The molecule has 2 atom stereocenters. The average Bonchev–Trinajstić information content (AvgIpc) is 3.22. The Morgan fingerprint density at radius 2 is 2.08 bits per heavy atom. The van der Waals surface area contributed by atoms with Crippen LogP contribution in [0.25, 0.3) is 0 Å². The molecule has 7 heteroatoms. The van der Waals surface area contributed by atoms with Gasteiger partial charge in [-0.3, -0.25) is 4.90 Å². The first-order valence-corrected chi connectivity index (χ1v) is 9.13. The van der Waals surface area contributed by atoms with Crippen LogP contribution in [0, 0.1) is 5.92 Å². The molecular weight excluding hydrogens is 308 g/mol. The van der Waals surface area contributed by atoms with Crippen LogP contribution in [-0.4, -0.2) is 77.5 Å². The van der Waals surface area contributed by atoms with Gasteiger partial charge in [-0.15, -0.1) is 0 Å². The summed E-state index contributed by atoms with van der Waals surface area (Å²) in [6.45, 7) is 8.16. The highest BCUT2D eigenvalue weighted by atomic mass is 16.5. The van der Waals surface area contributed by atoms with Crippen molar-refractivity contribution in [2.24, 2.45) is 5.92 Å². The van der Waals surface area contributed by atoms with E-state index in [1.54, 1.807) is 7.11 Å². The predicted octanol–water partition coefficient (Wildman–Crippen LogP) is 1.10. The smallest absolute Gasteiger partial charge is 0.231 e. The van der Waals surface area contributed by atoms with E-state index < -0.39 is 0 Å². The van der Waals surface area contributed by atoms with Gasteiger partial charge in [-0.1, -0.05) is 12.1 Å². The average molecular weight is 338 g/mol. The predicted molar refractivity (Wildman–Crippen MR) is 89.7 cm³/mol. The molecule has 0 saturated carbocycles. The van der Waals surface area contributed by atoms with Crippen molar-refractivity contribution in [3.05, 3.63) is 11.7 Å². The summed E-state index contributed by atoms with van der Waals surface area (Å²) in [5.74, 6) is 1.53. The van der Waals surface area contributed by atoms with Crippen molar-refractivity contribution in [1.82, 2.24) is 19.9 Å². The Balaban J connectivity index is 1.60. The zero-order valence-corrected chi connectivity index (χ0v) is 14.9. The first kappa shape index (κ1) is 17.8. The molecule has 136 valence electrons. The standard InChI is InChI=1S/C17H30N4O3/c1-3-6-20-7-4-14(5-8-20)21-9-13(11-22)15(10-21)17-18-16(12-23-2)19-24-17/h13-15,22H,3-12H2,1-2H3/t13-,15+/m0/s1. The third-order valence-corrected chi connectivity index (χ3v) is 5.39. The summed E-state index contributed by atoms with van der Waals surface area (Å²) in [6.07, 6.45) is 3.65. The molecule has 24 heavy (non-hydrogen) atoms. The minimum absolute atomic E-state index is 0.127. The molecule has 3 rings (SSSR count). The zero-order valence-electron chi connectivity index (χ0n) is 14.9. The SMILES string of the molecule is CCCN1CCC(N2C[C@@H](CO)[C@H](c3nc(COC)no3)C2)CC1. The van der Waals surface area contributed by atoms with E-state index in [-0.39, 0.29) is 18.4 Å². The molecule has 7 nitrogen and oxygen atoms in total. The number of rotatable bonds is 7. The van der Waals surface area contributed by atoms with Gasteiger partial charge >= 0.3 is 0 Å². The van der Waals surface area contributed by atoms with Gasteiger partial charge in [0, 0.05) is 38.8 Å². The monoisotopic (exact) mass is 338 g/mol. The molecule has 0 spiro atoms. The number of methoxy groups -OCH3 is 1. The molecule has 2 saturated heterocycles. The molecule has 0 aliphatic carbocycles. The normalized spacial score (nSPS) is 27.1. The van der Waals surface area contributed by atoms with Gasteiger partial charge in [0.25, 0.3) is 0 Å². The maximum absolute atomic E-state index is 9.79. The maximum atomic E-state index is 9.79. The second-order valence-electron chi connectivity index (χ2n) is 7.06. The molecule has 2 aliphatic rings. The van der Waals surface area contributed by atoms with E-state index >= 15 is 0 Å². The Kier molecular flexibility index (Phi) is 6.21. The number of hydrogen-bond donors (Lipinski definition) is 1. The van der Waals surface area contributed by atoms with Gasteiger partial charge in [-0.25, -0.2) is 0 Å². The molecule has 0 bridgehead atoms. The van der Waals surface area contributed by atoms with E-state index in [1.165, 1.54) is 38.9 Å². The molecule has 0 unspecified atom stereocenters. The number of aliphatic hydroxyl groups is 1. The molecule has 0 aromatic carbocycles. The van der Waals surface area contributed by atoms with E-state index in [2.05, 4.69) is 26.9 Å². The fraction of sp³-hybridized carbons (Fsp3) is 0.882. The van der Waals surface area contributed by atoms with Gasteiger partial charge in [0.2, 0.25) is 5.89 Å². The Bertz CT molecular complexity index is 502. The Morgan fingerprint density at radius 3 is 2.75 bits per heavy atom. The van der Waals surface area contributed by atoms with Crippen LogP contribution in [0.5, 0.6) is 0 Å². The number of likely N-dealkylation sites (tertiary alicyclic amines) is 2. The molecular formula is C17H30N4O3. The van der Waals surface area contributed by atoms with Crippen LogP contribution in [0.2, 0.25) is 0 Å². The number of aliphatic hydroxyl groups excluding tert-OH is 1. The second-order valence-corrected chi connectivity index (χ2v) is 7.06. The highest BCUT2D eigenvalue weighted by molar-refractivity contribution is 5.04. The fourth-order valence-corrected chi connectivity index (χ4v) is 4.10. The van der Waals surface area contributed by atoms with Crippen LogP contribution in [0.4, 0.5) is 0 Å². The zero-order chi connectivity index (χ0) is 16.9. The number of piperidine rings is 1. The number of hydrogen-bond acceptors (Lipinski definition) is 7. The van der Waals surface area contributed by atoms with E-state index in [1.807, 2.05) is 0 Å². The maximum Gasteiger partial charge on any atom is 0.231 e. The van der Waals surface area contributed by atoms with Crippen molar-refractivity contribution < 1.29 is 14.4 Å². The largest absolute Gasteiger partial charge is 0.396 e. The summed E-state index contributed by atoms with van der Waals surface area (Å²) in [6, 6.07) is 0.610. The van der Waals surface area contributed by atoms with Crippen LogP contribution in [-0.2, 0) is 11.3 Å². The Labute approximate surface area is 144 Å². The first-order valence-electron chi connectivity index (χ1n) is 9.13. The molecule has 1 aromatic rings. The third kappa shape index (κ3) is 3.96. The second kappa shape index (κ2) is 8.38. The molecule has 0 amide bonds. The lowest BCUT2D eigenvalue weighted by molar-refractivity contribution is 0.119. The molecule has 1 N–H and O–H groups in total. The highest BCUT2D eigenvalue weighted by Crippen LogP contribution is 2.34. The van der Waals surface area contributed by atoms with Crippen molar-refractivity contribution in [3.8, 4) is 0 Å². The van der Waals surface area contributed by atoms with Crippen molar-refractivity contribution in [1.29, 1.82) is 0 Å². The molecule has 2 fully saturated rings. The summed E-state index contributed by atoms with van der Waals surface area (Å²) >= 11 is 0. The van der Waals surface area contributed by atoms with Crippen LogP contribution in [0.1, 0.15) is 43.8 Å². The van der Waals surface area contributed by atoms with Crippen molar-refractivity contribution in [2.45, 2.75) is 44.8 Å². The van der Waals surface area contributed by atoms with Gasteiger partial charge in [0.05, 0.1) is 5.92 Å². The topological polar surface area (TPSA) is 74.9 Å². The third-order valence-electron chi connectivity index (χ3n) is 5.39. The molecule has 1 aromatic heterocycles. The summed E-state index contributed by atoms with van der Waals surface area (Å²) < 4.78 is 10.5. The van der Waals surface area contributed by atoms with Crippen molar-refractivity contribution >= 4 is 0 Å². The van der Waals surface area contributed by atoms with Gasteiger partial charge in [-0.05, 0) is 38.9 Å². The lowest BCUT2D eigenvalue weighted by atomic mass is 9.97. The fourth-order valence-electron chi connectivity index (χ4n) is 4.10. The van der Waals surface area contributed by atoms with Crippen molar-refractivity contribution in [2.75, 3.05) is 46.4 Å². The van der Waals surface area contributed by atoms with Crippen molar-refractivity contribution in [3.63, 3.8) is 0 Å². The number of nitrogens with zero attached hydrogens (tertiary/aromatic N) is 4.